The van der Waals surface area contributed by atoms with Crippen LogP contribution in [0.5, 0.6) is 0 Å². The Kier molecular flexibility index (Phi) is 12.5. The number of hydrogen-bond donors (Lipinski definition) is 0. The summed E-state index contributed by atoms with van der Waals surface area (Å²) in [5, 5.41) is 0. The standard InChI is InChI=1S/C19H38O6Si2/c1-7-12-17(20)23-27(24-18(21)13-8-2,25-19(22)14-9-3)16-11-10-15-26(4,5)6/h7-16H2,1-6H3. The molecule has 0 atom stereocenters. The summed E-state index contributed by atoms with van der Waals surface area (Å²) >= 11 is 0. The molecule has 0 aliphatic carbocycles. The van der Waals surface area contributed by atoms with Gasteiger partial charge in [-0.3, -0.25) is 14.4 Å². The summed E-state index contributed by atoms with van der Waals surface area (Å²) in [5.41, 5.74) is 0. The molecule has 0 radical (unpaired) electrons. The molecule has 0 fully saturated rings. The average molecular weight is 419 g/mol. The van der Waals surface area contributed by atoms with Gasteiger partial charge in [0.15, 0.2) is 0 Å². The van der Waals surface area contributed by atoms with Gasteiger partial charge in [-0.05, 0) is 25.7 Å². The van der Waals surface area contributed by atoms with Crippen molar-refractivity contribution in [1.82, 2.24) is 0 Å². The Balaban J connectivity index is 5.36. The minimum absolute atomic E-state index is 0.209. The van der Waals surface area contributed by atoms with Gasteiger partial charge in [-0.2, -0.15) is 0 Å². The molecule has 8 heteroatoms. The van der Waals surface area contributed by atoms with Crippen LogP contribution in [0.4, 0.5) is 0 Å². The van der Waals surface area contributed by atoms with Crippen LogP contribution in [-0.4, -0.2) is 34.8 Å². The van der Waals surface area contributed by atoms with E-state index >= 15 is 0 Å². The summed E-state index contributed by atoms with van der Waals surface area (Å²) in [7, 11) is -4.92. The molecule has 0 rings (SSSR count). The maximum Gasteiger partial charge on any atom is 0.705 e. The topological polar surface area (TPSA) is 78.9 Å². The highest BCUT2D eigenvalue weighted by atomic mass is 28.4. The van der Waals surface area contributed by atoms with E-state index in [1.807, 2.05) is 20.8 Å². The van der Waals surface area contributed by atoms with Gasteiger partial charge in [-0.15, -0.1) is 0 Å². The third-order valence-corrected chi connectivity index (χ3v) is 8.27. The highest BCUT2D eigenvalue weighted by molar-refractivity contribution is 6.76. The number of carbonyl (C=O) groups excluding carboxylic acids is 3. The van der Waals surface area contributed by atoms with Gasteiger partial charge >= 0.3 is 8.80 Å². The third kappa shape index (κ3) is 12.8. The quantitative estimate of drug-likeness (QED) is 0.289. The molecule has 0 bridgehead atoms. The summed E-state index contributed by atoms with van der Waals surface area (Å²) in [6, 6.07) is 1.42. The number of hydrogen-bond acceptors (Lipinski definition) is 6. The summed E-state index contributed by atoms with van der Waals surface area (Å²) in [6.45, 7) is 12.5. The van der Waals surface area contributed by atoms with E-state index in [1.54, 1.807) is 0 Å². The molecule has 0 aromatic heterocycles. The van der Waals surface area contributed by atoms with Crippen molar-refractivity contribution in [1.29, 1.82) is 0 Å². The highest BCUT2D eigenvalue weighted by Crippen LogP contribution is 2.24. The predicted molar refractivity (Wildman–Crippen MR) is 111 cm³/mol. The van der Waals surface area contributed by atoms with Gasteiger partial charge < -0.3 is 13.3 Å². The Morgan fingerprint density at radius 1 is 0.630 bits per heavy atom. The van der Waals surface area contributed by atoms with Crippen LogP contribution in [0.25, 0.3) is 0 Å². The molecule has 0 unspecified atom stereocenters. The van der Waals surface area contributed by atoms with Crippen LogP contribution < -0.4 is 0 Å². The van der Waals surface area contributed by atoms with Crippen molar-refractivity contribution < 1.29 is 27.7 Å². The van der Waals surface area contributed by atoms with E-state index in [-0.39, 0.29) is 19.3 Å². The largest absolute Gasteiger partial charge is 0.705 e. The second kappa shape index (κ2) is 13.1. The van der Waals surface area contributed by atoms with Crippen molar-refractivity contribution >= 4 is 34.8 Å². The molecule has 0 spiro atoms. The van der Waals surface area contributed by atoms with Crippen LogP contribution in [0.15, 0.2) is 0 Å². The monoisotopic (exact) mass is 418 g/mol. The Labute approximate surface area is 166 Å². The van der Waals surface area contributed by atoms with E-state index in [0.29, 0.717) is 31.7 Å². The van der Waals surface area contributed by atoms with Crippen LogP contribution in [0.3, 0.4) is 0 Å². The lowest BCUT2D eigenvalue weighted by molar-refractivity contribution is -0.150. The van der Waals surface area contributed by atoms with E-state index < -0.39 is 34.8 Å². The third-order valence-electron chi connectivity index (χ3n) is 3.83. The molecule has 0 N–H and O–H groups in total. The molecule has 0 heterocycles. The maximum absolute atomic E-state index is 12.2. The van der Waals surface area contributed by atoms with Crippen LogP contribution in [0, 0.1) is 0 Å². The molecule has 0 aliphatic heterocycles. The second-order valence-corrected chi connectivity index (χ2v) is 16.2. The van der Waals surface area contributed by atoms with Gasteiger partial charge in [0.05, 0.1) is 6.04 Å². The SMILES string of the molecule is CCCC(=O)O[Si](CCCC[Si](C)(C)C)(OC(=O)CCC)OC(=O)CCC. The molecule has 158 valence electrons. The molecule has 0 saturated carbocycles. The van der Waals surface area contributed by atoms with E-state index in [2.05, 4.69) is 19.6 Å². The van der Waals surface area contributed by atoms with Gasteiger partial charge in [0, 0.05) is 27.3 Å². The zero-order valence-corrected chi connectivity index (χ0v) is 20.0. The molecule has 0 amide bonds. The van der Waals surface area contributed by atoms with Crippen LogP contribution in [0.2, 0.25) is 31.7 Å². The summed E-state index contributed by atoms with van der Waals surface area (Å²) in [5.74, 6) is -1.41. The van der Waals surface area contributed by atoms with Crippen molar-refractivity contribution in [3.63, 3.8) is 0 Å². The lowest BCUT2D eigenvalue weighted by Gasteiger charge is -2.28. The fraction of sp³-hybridized carbons (Fsp3) is 0.842. The molecule has 0 aromatic rings. The molecular weight excluding hydrogens is 380 g/mol. The normalized spacial score (nSPS) is 11.8. The minimum atomic E-state index is -3.73. The second-order valence-electron chi connectivity index (χ2n) is 8.12. The van der Waals surface area contributed by atoms with Crippen molar-refractivity contribution in [2.75, 3.05) is 0 Å². The van der Waals surface area contributed by atoms with Gasteiger partial charge in [-0.1, -0.05) is 52.9 Å². The Morgan fingerprint density at radius 3 is 1.26 bits per heavy atom. The Hall–Kier alpha value is -1.16. The lowest BCUT2D eigenvalue weighted by atomic mass is 10.3. The van der Waals surface area contributed by atoms with Crippen molar-refractivity contribution in [3.05, 3.63) is 0 Å². The van der Waals surface area contributed by atoms with Gasteiger partial charge in [0.2, 0.25) is 0 Å². The van der Waals surface area contributed by atoms with Crippen molar-refractivity contribution in [2.45, 2.75) is 104 Å². The van der Waals surface area contributed by atoms with E-state index in [0.717, 1.165) is 12.5 Å². The maximum atomic E-state index is 12.2. The molecule has 0 aromatic carbocycles. The van der Waals surface area contributed by atoms with E-state index in [1.165, 1.54) is 0 Å². The van der Waals surface area contributed by atoms with E-state index in [4.69, 9.17) is 13.3 Å². The highest BCUT2D eigenvalue weighted by Gasteiger charge is 2.52. The van der Waals surface area contributed by atoms with Gasteiger partial charge in [0.1, 0.15) is 0 Å². The average Bonchev–Trinajstić information content (AvgIpc) is 2.51. The molecule has 27 heavy (non-hydrogen) atoms. The fourth-order valence-corrected chi connectivity index (χ4v) is 6.27. The van der Waals surface area contributed by atoms with Gasteiger partial charge in [-0.25, -0.2) is 0 Å². The zero-order valence-electron chi connectivity index (χ0n) is 18.0. The molecular formula is C19H38O6Si2. The van der Waals surface area contributed by atoms with Gasteiger partial charge in [0.25, 0.3) is 17.9 Å². The first kappa shape index (κ1) is 25.8. The fourth-order valence-electron chi connectivity index (χ4n) is 2.50. The van der Waals surface area contributed by atoms with Crippen molar-refractivity contribution in [2.24, 2.45) is 0 Å². The molecule has 6 nitrogen and oxygen atoms in total. The van der Waals surface area contributed by atoms with Crippen LogP contribution in [0.1, 0.15) is 72.1 Å². The number of carbonyl (C=O) groups is 3. The van der Waals surface area contributed by atoms with Crippen LogP contribution in [-0.2, 0) is 27.7 Å². The number of rotatable bonds is 14. The van der Waals surface area contributed by atoms with Crippen LogP contribution >= 0.6 is 0 Å². The first-order valence-corrected chi connectivity index (χ1v) is 15.9. The molecule has 0 saturated heterocycles. The summed E-state index contributed by atoms with van der Waals surface area (Å²) in [6.07, 6.45) is 4.11. The zero-order chi connectivity index (χ0) is 20.9. The number of unbranched alkanes of at least 4 members (excludes halogenated alkanes) is 1. The Bertz CT molecular complexity index is 423. The van der Waals surface area contributed by atoms with E-state index in [9.17, 15) is 14.4 Å². The predicted octanol–water partition coefficient (Wildman–Crippen LogP) is 5.07. The summed E-state index contributed by atoms with van der Waals surface area (Å²) in [4.78, 5) is 36.5. The first-order valence-electron chi connectivity index (χ1n) is 10.2. The Morgan fingerprint density at radius 2 is 0.963 bits per heavy atom. The first-order chi connectivity index (χ1) is 12.6. The minimum Gasteiger partial charge on any atom is -0.455 e. The molecule has 0 aliphatic rings. The smallest absolute Gasteiger partial charge is 0.455 e. The lowest BCUT2D eigenvalue weighted by Crippen LogP contribution is -2.50. The summed E-state index contributed by atoms with van der Waals surface area (Å²) < 4.78 is 16.7. The van der Waals surface area contributed by atoms with Crippen molar-refractivity contribution in [3.8, 4) is 0 Å².